The van der Waals surface area contributed by atoms with Crippen molar-refractivity contribution in [1.29, 1.82) is 0 Å². The number of unbranched alkanes of at least 4 members (excludes halogenated alkanes) is 2. The Morgan fingerprint density at radius 3 is 2.76 bits per heavy atom. The largest absolute Gasteiger partial charge is 0.396 e. The van der Waals surface area contributed by atoms with Gasteiger partial charge < -0.3 is 5.11 Å². The van der Waals surface area contributed by atoms with E-state index < -0.39 is 10.0 Å². The molecule has 1 aliphatic rings. The molecule has 5 heteroatoms. The molecular weight excluding hydrogens is 238 g/mol. The highest BCUT2D eigenvalue weighted by Gasteiger charge is 2.27. The maximum atomic E-state index is 12.1. The van der Waals surface area contributed by atoms with E-state index in [0.717, 1.165) is 38.5 Å². The molecule has 17 heavy (non-hydrogen) atoms. The van der Waals surface area contributed by atoms with E-state index in [1.54, 1.807) is 4.31 Å². The number of aliphatic hydroxyl groups excluding tert-OH is 1. The van der Waals surface area contributed by atoms with Gasteiger partial charge in [-0.3, -0.25) is 0 Å². The van der Waals surface area contributed by atoms with E-state index >= 15 is 0 Å². The second kappa shape index (κ2) is 7.34. The summed E-state index contributed by atoms with van der Waals surface area (Å²) in [4.78, 5) is 0. The first-order valence-electron chi connectivity index (χ1n) is 6.69. The molecule has 1 rings (SSSR count). The molecule has 0 spiro atoms. The van der Waals surface area contributed by atoms with Gasteiger partial charge in [-0.2, -0.15) is 0 Å². The van der Waals surface area contributed by atoms with Crippen molar-refractivity contribution in [1.82, 2.24) is 4.31 Å². The monoisotopic (exact) mass is 263 g/mol. The van der Waals surface area contributed by atoms with Crippen LogP contribution < -0.4 is 0 Å². The Morgan fingerprint density at radius 1 is 1.35 bits per heavy atom. The van der Waals surface area contributed by atoms with Crippen molar-refractivity contribution in [2.45, 2.75) is 45.4 Å². The normalized spacial score (nSPS) is 22.8. The maximum absolute atomic E-state index is 12.1. The van der Waals surface area contributed by atoms with Gasteiger partial charge in [-0.25, -0.2) is 12.7 Å². The van der Waals surface area contributed by atoms with Gasteiger partial charge in [0.2, 0.25) is 10.0 Å². The quantitative estimate of drug-likeness (QED) is 0.710. The van der Waals surface area contributed by atoms with Crippen molar-refractivity contribution in [3.05, 3.63) is 0 Å². The summed E-state index contributed by atoms with van der Waals surface area (Å²) in [7, 11) is -3.06. The minimum atomic E-state index is -3.06. The van der Waals surface area contributed by atoms with Gasteiger partial charge in [0, 0.05) is 19.7 Å². The Morgan fingerprint density at radius 2 is 2.12 bits per heavy atom. The fourth-order valence-electron chi connectivity index (χ4n) is 2.36. The van der Waals surface area contributed by atoms with Gasteiger partial charge in [0.05, 0.1) is 5.75 Å². The highest BCUT2D eigenvalue weighted by Crippen LogP contribution is 2.22. The molecule has 1 saturated heterocycles. The Balaban J connectivity index is 2.46. The second-order valence-corrected chi connectivity index (χ2v) is 6.99. The number of aliphatic hydroxyl groups is 1. The molecule has 0 amide bonds. The lowest BCUT2D eigenvalue weighted by Crippen LogP contribution is -2.41. The number of nitrogens with zero attached hydrogens (tertiary/aromatic N) is 1. The topological polar surface area (TPSA) is 57.6 Å². The molecule has 0 aromatic rings. The van der Waals surface area contributed by atoms with E-state index in [0.29, 0.717) is 19.0 Å². The number of hydrogen-bond acceptors (Lipinski definition) is 3. The number of piperidine rings is 1. The van der Waals surface area contributed by atoms with Crippen molar-refractivity contribution >= 4 is 10.0 Å². The van der Waals surface area contributed by atoms with Crippen LogP contribution in [0.1, 0.15) is 45.4 Å². The van der Waals surface area contributed by atoms with Crippen molar-refractivity contribution in [2.75, 3.05) is 25.4 Å². The van der Waals surface area contributed by atoms with Crippen LogP contribution in [0.25, 0.3) is 0 Å². The van der Waals surface area contributed by atoms with Gasteiger partial charge in [-0.05, 0) is 31.6 Å². The van der Waals surface area contributed by atoms with Gasteiger partial charge in [0.15, 0.2) is 0 Å². The highest BCUT2D eigenvalue weighted by atomic mass is 32.2. The van der Waals surface area contributed by atoms with Crippen molar-refractivity contribution < 1.29 is 13.5 Å². The highest BCUT2D eigenvalue weighted by molar-refractivity contribution is 7.89. The van der Waals surface area contributed by atoms with Crippen LogP contribution in [0.4, 0.5) is 0 Å². The molecule has 1 atom stereocenters. The molecule has 1 aliphatic heterocycles. The zero-order valence-electron chi connectivity index (χ0n) is 10.8. The maximum Gasteiger partial charge on any atom is 0.214 e. The molecule has 0 aliphatic carbocycles. The number of rotatable bonds is 7. The third-order valence-electron chi connectivity index (χ3n) is 3.42. The average molecular weight is 263 g/mol. The lowest BCUT2D eigenvalue weighted by molar-refractivity contribution is 0.203. The molecular formula is C12H25NO3S. The van der Waals surface area contributed by atoms with Crippen LogP contribution in [-0.2, 0) is 10.0 Å². The molecule has 1 fully saturated rings. The molecule has 1 unspecified atom stereocenters. The summed E-state index contributed by atoms with van der Waals surface area (Å²) in [5.41, 5.74) is 0. The fraction of sp³-hybridized carbons (Fsp3) is 1.00. The third-order valence-corrected chi connectivity index (χ3v) is 5.34. The van der Waals surface area contributed by atoms with Crippen LogP contribution in [-0.4, -0.2) is 43.3 Å². The predicted octanol–water partition coefficient (Wildman–Crippen LogP) is 1.60. The summed E-state index contributed by atoms with van der Waals surface area (Å²) in [6.45, 7) is 3.50. The molecule has 0 bridgehead atoms. The van der Waals surface area contributed by atoms with E-state index in [9.17, 15) is 8.42 Å². The molecule has 0 aromatic carbocycles. The van der Waals surface area contributed by atoms with Crippen molar-refractivity contribution in [2.24, 2.45) is 5.92 Å². The summed E-state index contributed by atoms with van der Waals surface area (Å²) in [5, 5.41) is 8.91. The Kier molecular flexibility index (Phi) is 6.44. The van der Waals surface area contributed by atoms with Crippen molar-refractivity contribution in [3.8, 4) is 0 Å². The summed E-state index contributed by atoms with van der Waals surface area (Å²) < 4.78 is 25.8. The molecule has 0 aromatic heterocycles. The Bertz CT molecular complexity index is 301. The van der Waals surface area contributed by atoms with Crippen LogP contribution in [0, 0.1) is 5.92 Å². The standard InChI is InChI=1S/C12H25NO3S/c1-2-3-4-10-17(15,16)13-8-5-6-12(11-13)7-9-14/h12,14H,2-11H2,1H3. The van der Waals surface area contributed by atoms with Gasteiger partial charge in [0.1, 0.15) is 0 Å². The molecule has 102 valence electrons. The summed E-state index contributed by atoms with van der Waals surface area (Å²) in [6.07, 6.45) is 5.48. The smallest absolute Gasteiger partial charge is 0.214 e. The second-order valence-electron chi connectivity index (χ2n) is 4.90. The van der Waals surface area contributed by atoms with Crippen LogP contribution >= 0.6 is 0 Å². The van der Waals surface area contributed by atoms with Gasteiger partial charge in [0.25, 0.3) is 0 Å². The Hall–Kier alpha value is -0.130. The van der Waals surface area contributed by atoms with Crippen molar-refractivity contribution in [3.63, 3.8) is 0 Å². The Labute approximate surface area is 105 Å². The zero-order valence-corrected chi connectivity index (χ0v) is 11.6. The van der Waals surface area contributed by atoms with Crippen LogP contribution in [0.3, 0.4) is 0 Å². The molecule has 0 saturated carbocycles. The zero-order chi connectivity index (χ0) is 12.7. The molecule has 1 N–H and O–H groups in total. The van der Waals surface area contributed by atoms with Crippen LogP contribution in [0.5, 0.6) is 0 Å². The van der Waals surface area contributed by atoms with E-state index in [1.807, 2.05) is 0 Å². The van der Waals surface area contributed by atoms with E-state index in [1.165, 1.54) is 0 Å². The lowest BCUT2D eigenvalue weighted by atomic mass is 9.97. The summed E-state index contributed by atoms with van der Waals surface area (Å²) in [6, 6.07) is 0. The number of hydrogen-bond donors (Lipinski definition) is 1. The molecule has 0 radical (unpaired) electrons. The minimum absolute atomic E-state index is 0.161. The van der Waals surface area contributed by atoms with E-state index in [2.05, 4.69) is 6.92 Å². The molecule has 1 heterocycles. The fourth-order valence-corrected chi connectivity index (χ4v) is 4.03. The van der Waals surface area contributed by atoms with Crippen LogP contribution in [0.15, 0.2) is 0 Å². The van der Waals surface area contributed by atoms with Gasteiger partial charge in [-0.15, -0.1) is 0 Å². The van der Waals surface area contributed by atoms with E-state index in [4.69, 9.17) is 5.11 Å². The first kappa shape index (κ1) is 14.9. The first-order chi connectivity index (χ1) is 8.10. The molecule has 4 nitrogen and oxygen atoms in total. The van der Waals surface area contributed by atoms with Crippen LogP contribution in [0.2, 0.25) is 0 Å². The van der Waals surface area contributed by atoms with Gasteiger partial charge in [-0.1, -0.05) is 19.8 Å². The van der Waals surface area contributed by atoms with Gasteiger partial charge >= 0.3 is 0 Å². The number of sulfonamides is 1. The lowest BCUT2D eigenvalue weighted by Gasteiger charge is -2.31. The summed E-state index contributed by atoms with van der Waals surface area (Å²) in [5.74, 6) is 0.627. The van der Waals surface area contributed by atoms with E-state index in [-0.39, 0.29) is 12.4 Å². The minimum Gasteiger partial charge on any atom is -0.396 e. The predicted molar refractivity (Wildman–Crippen MR) is 69.3 cm³/mol. The summed E-state index contributed by atoms with van der Waals surface area (Å²) >= 11 is 0. The first-order valence-corrected chi connectivity index (χ1v) is 8.29. The SMILES string of the molecule is CCCCCS(=O)(=O)N1CCCC(CCO)C1. The third kappa shape index (κ3) is 4.94. The average Bonchev–Trinajstić information content (AvgIpc) is 2.30.